The second-order valence-corrected chi connectivity index (χ2v) is 5.70. The van der Waals surface area contributed by atoms with Crippen molar-refractivity contribution < 1.29 is 8.97 Å². The normalized spacial score (nSPS) is 23.4. The molecule has 106 valence electrons. The maximum absolute atomic E-state index is 13.4. The van der Waals surface area contributed by atoms with Crippen molar-refractivity contribution >= 4 is 11.9 Å². The molecule has 1 aliphatic heterocycles. The minimum absolute atomic E-state index is 0.174. The highest BCUT2D eigenvalue weighted by atomic mass is 19.1. The molecule has 0 bridgehead atoms. The zero-order valence-electron chi connectivity index (χ0n) is 12.0. The molecular formula is C14H19FN5+. The third-order valence-corrected chi connectivity index (χ3v) is 3.78. The molecule has 0 amide bonds. The number of halogens is 1. The maximum atomic E-state index is 13.4. The van der Waals surface area contributed by atoms with Gasteiger partial charge in [-0.05, 0) is 25.6 Å². The van der Waals surface area contributed by atoms with Gasteiger partial charge in [-0.25, -0.2) is 8.97 Å². The molecule has 2 atom stereocenters. The number of hydrogen-bond acceptors (Lipinski definition) is 3. The van der Waals surface area contributed by atoms with Crippen LogP contribution in [-0.4, -0.2) is 58.0 Å². The highest BCUT2D eigenvalue weighted by Crippen LogP contribution is 2.32. The van der Waals surface area contributed by atoms with Gasteiger partial charge in [0.25, 0.3) is 0 Å². The van der Waals surface area contributed by atoms with Crippen molar-refractivity contribution in [2.75, 3.05) is 27.7 Å². The minimum atomic E-state index is -0.268. The number of rotatable bonds is 2. The van der Waals surface area contributed by atoms with Crippen molar-refractivity contribution in [1.82, 2.24) is 19.5 Å². The highest BCUT2D eigenvalue weighted by molar-refractivity contribution is 5.56. The van der Waals surface area contributed by atoms with E-state index in [1.807, 2.05) is 14.1 Å². The third-order valence-electron chi connectivity index (χ3n) is 3.78. The Morgan fingerprint density at radius 1 is 1.35 bits per heavy atom. The van der Waals surface area contributed by atoms with Crippen LogP contribution in [0.15, 0.2) is 18.3 Å². The van der Waals surface area contributed by atoms with Gasteiger partial charge in [0.15, 0.2) is 11.5 Å². The van der Waals surface area contributed by atoms with E-state index in [1.54, 1.807) is 10.5 Å². The first kappa shape index (κ1) is 13.2. The molecule has 0 saturated carbocycles. The number of pyridine rings is 1. The summed E-state index contributed by atoms with van der Waals surface area (Å²) >= 11 is 0. The Morgan fingerprint density at radius 3 is 2.90 bits per heavy atom. The summed E-state index contributed by atoms with van der Waals surface area (Å²) in [6.45, 7) is 0.979. The lowest BCUT2D eigenvalue weighted by Gasteiger charge is -2.16. The van der Waals surface area contributed by atoms with E-state index in [4.69, 9.17) is 0 Å². The largest absolute Gasteiger partial charge is 0.296 e. The van der Waals surface area contributed by atoms with Gasteiger partial charge in [-0.15, -0.1) is 10.2 Å². The fourth-order valence-corrected chi connectivity index (χ4v) is 2.98. The lowest BCUT2D eigenvalue weighted by molar-refractivity contribution is -0.461. The standard InChI is InChI=1S/C14H19FN5/c1-18(2)7-10-6-12(19(3)8-10)14-17-16-13-5-4-11(15)9-20(13)14/h4-5,7,9-10,12H,6,8H2,1-3H3/q+1. The van der Waals surface area contributed by atoms with E-state index < -0.39 is 0 Å². The number of aromatic nitrogens is 3. The summed E-state index contributed by atoms with van der Waals surface area (Å²) < 4.78 is 17.3. The van der Waals surface area contributed by atoms with Gasteiger partial charge in [-0.3, -0.25) is 9.30 Å². The molecule has 2 unspecified atom stereocenters. The van der Waals surface area contributed by atoms with Crippen LogP contribution in [0.2, 0.25) is 0 Å². The quantitative estimate of drug-likeness (QED) is 0.611. The molecule has 1 fully saturated rings. The molecule has 0 radical (unpaired) electrons. The molecule has 5 nitrogen and oxygen atoms in total. The summed E-state index contributed by atoms with van der Waals surface area (Å²) in [5, 5.41) is 8.38. The van der Waals surface area contributed by atoms with Crippen molar-refractivity contribution in [3.05, 3.63) is 30.0 Å². The monoisotopic (exact) mass is 276 g/mol. The molecule has 20 heavy (non-hydrogen) atoms. The van der Waals surface area contributed by atoms with Gasteiger partial charge in [0.1, 0.15) is 26.1 Å². The van der Waals surface area contributed by atoms with Crippen LogP contribution < -0.4 is 0 Å². The summed E-state index contributed by atoms with van der Waals surface area (Å²) in [5.74, 6) is 1.04. The zero-order chi connectivity index (χ0) is 14.3. The van der Waals surface area contributed by atoms with Crippen molar-refractivity contribution in [1.29, 1.82) is 0 Å². The van der Waals surface area contributed by atoms with Crippen molar-refractivity contribution in [3.8, 4) is 0 Å². The Labute approximate surface area is 117 Å². The average Bonchev–Trinajstić information content (AvgIpc) is 2.91. The molecule has 2 aromatic rings. The summed E-state index contributed by atoms with van der Waals surface area (Å²) in [5.41, 5.74) is 0.690. The SMILES string of the molecule is CN1CC(C=[N+](C)C)CC1c1nnc2ccc(F)cn12. The van der Waals surface area contributed by atoms with E-state index in [0.717, 1.165) is 18.8 Å². The predicted octanol–water partition coefficient (Wildman–Crippen LogP) is 1.20. The zero-order valence-corrected chi connectivity index (χ0v) is 12.0. The van der Waals surface area contributed by atoms with Crippen molar-refractivity contribution in [3.63, 3.8) is 0 Å². The van der Waals surface area contributed by atoms with E-state index >= 15 is 0 Å². The first-order valence-electron chi connectivity index (χ1n) is 6.76. The molecule has 3 heterocycles. The highest BCUT2D eigenvalue weighted by Gasteiger charge is 2.34. The van der Waals surface area contributed by atoms with Crippen LogP contribution in [0.3, 0.4) is 0 Å². The predicted molar refractivity (Wildman–Crippen MR) is 74.6 cm³/mol. The first-order valence-corrected chi connectivity index (χ1v) is 6.76. The van der Waals surface area contributed by atoms with Crippen LogP contribution in [0.4, 0.5) is 4.39 Å². The molecule has 1 aliphatic rings. The van der Waals surface area contributed by atoms with Crippen molar-refractivity contribution in [2.45, 2.75) is 12.5 Å². The van der Waals surface area contributed by atoms with Crippen LogP contribution in [0, 0.1) is 11.7 Å². The molecule has 6 heteroatoms. The topological polar surface area (TPSA) is 36.4 Å². The number of fused-ring (bicyclic) bond motifs is 1. The van der Waals surface area contributed by atoms with E-state index in [2.05, 4.69) is 32.9 Å². The third kappa shape index (κ3) is 2.31. The van der Waals surface area contributed by atoms with Gasteiger partial charge in [0, 0.05) is 12.7 Å². The Morgan fingerprint density at radius 2 is 2.15 bits per heavy atom. The Hall–Kier alpha value is -1.82. The second-order valence-electron chi connectivity index (χ2n) is 5.70. The van der Waals surface area contributed by atoms with Gasteiger partial charge in [-0.1, -0.05) is 0 Å². The molecule has 2 aromatic heterocycles. The van der Waals surface area contributed by atoms with Crippen LogP contribution >= 0.6 is 0 Å². The second kappa shape index (κ2) is 4.94. The molecule has 0 N–H and O–H groups in total. The van der Waals surface area contributed by atoms with Gasteiger partial charge in [-0.2, -0.15) is 0 Å². The first-order chi connectivity index (χ1) is 9.54. The Kier molecular flexibility index (Phi) is 3.25. The van der Waals surface area contributed by atoms with Crippen molar-refractivity contribution in [2.24, 2.45) is 5.92 Å². The summed E-state index contributed by atoms with van der Waals surface area (Å²) in [6.07, 6.45) is 4.66. The molecule has 1 saturated heterocycles. The van der Waals surface area contributed by atoms with E-state index in [0.29, 0.717) is 11.6 Å². The van der Waals surface area contributed by atoms with Gasteiger partial charge in [0.05, 0.1) is 12.0 Å². The van der Waals surface area contributed by atoms with Crippen LogP contribution in [-0.2, 0) is 0 Å². The fourth-order valence-electron chi connectivity index (χ4n) is 2.98. The Balaban J connectivity index is 1.95. The van der Waals surface area contributed by atoms with Crippen LogP contribution in [0.1, 0.15) is 18.3 Å². The number of nitrogens with zero attached hydrogens (tertiary/aromatic N) is 5. The smallest absolute Gasteiger partial charge is 0.160 e. The fraction of sp³-hybridized carbons (Fsp3) is 0.500. The molecule has 3 rings (SSSR count). The lowest BCUT2D eigenvalue weighted by atomic mass is 10.1. The number of likely N-dealkylation sites (tertiary alicyclic amines) is 1. The van der Waals surface area contributed by atoms with E-state index in [1.165, 1.54) is 12.3 Å². The van der Waals surface area contributed by atoms with Gasteiger partial charge < -0.3 is 0 Å². The Bertz CT molecular complexity index is 659. The summed E-state index contributed by atoms with van der Waals surface area (Å²) in [4.78, 5) is 2.26. The average molecular weight is 276 g/mol. The summed E-state index contributed by atoms with van der Waals surface area (Å²) in [6, 6.07) is 3.24. The van der Waals surface area contributed by atoms with Crippen LogP contribution in [0.5, 0.6) is 0 Å². The van der Waals surface area contributed by atoms with Gasteiger partial charge in [0.2, 0.25) is 0 Å². The van der Waals surface area contributed by atoms with Crippen LogP contribution in [0.25, 0.3) is 5.65 Å². The molecule has 0 aliphatic carbocycles. The van der Waals surface area contributed by atoms with E-state index in [9.17, 15) is 4.39 Å². The summed E-state index contributed by atoms with van der Waals surface area (Å²) in [7, 11) is 6.15. The number of hydrogen-bond donors (Lipinski definition) is 0. The lowest BCUT2D eigenvalue weighted by Crippen LogP contribution is -2.21. The minimum Gasteiger partial charge on any atom is -0.296 e. The van der Waals surface area contributed by atoms with E-state index in [-0.39, 0.29) is 11.9 Å². The maximum Gasteiger partial charge on any atom is 0.160 e. The van der Waals surface area contributed by atoms with Gasteiger partial charge >= 0.3 is 0 Å². The molecule has 0 spiro atoms. The molecular weight excluding hydrogens is 257 g/mol. The molecule has 0 aromatic carbocycles.